The van der Waals surface area contributed by atoms with Gasteiger partial charge in [-0.3, -0.25) is 5.32 Å². The van der Waals surface area contributed by atoms with Crippen LogP contribution in [0.3, 0.4) is 0 Å². The van der Waals surface area contributed by atoms with Crippen molar-refractivity contribution in [2.75, 3.05) is 16.8 Å². The Labute approximate surface area is 317 Å². The first-order valence-electron chi connectivity index (χ1n) is 18.6. The van der Waals surface area contributed by atoms with Gasteiger partial charge < -0.3 is 24.2 Å². The predicted octanol–water partition coefficient (Wildman–Crippen LogP) is 12.3. The summed E-state index contributed by atoms with van der Waals surface area (Å²) in [5, 5.41) is 3.97. The molecule has 3 aliphatic rings. The summed E-state index contributed by atoms with van der Waals surface area (Å²) < 4.78 is 12.6. The molecule has 6 aromatic rings. The van der Waals surface area contributed by atoms with Crippen molar-refractivity contribution in [2.45, 2.75) is 32.0 Å². The summed E-state index contributed by atoms with van der Waals surface area (Å²) in [6.07, 6.45) is 6.13. The standard InChI is InChI=1S/C48H42N4O2/c1-33(35-25-29-38(30-26-35)51-40-17-7-11-21-44(40)53-45-22-12-8-18-41(45)51)49-48(50(3)34(2)36-15-5-4-6-16-36)37-27-31-39(32-28-37)52-42-19-9-13-23-46(42)54-47-24-14-10-20-43(47)52/h4-11,13-21,23-33,48-49H,2,12,22H2,1,3H3. The second kappa shape index (κ2) is 14.1. The van der Waals surface area contributed by atoms with E-state index < -0.39 is 0 Å². The van der Waals surface area contributed by atoms with Crippen molar-refractivity contribution < 1.29 is 9.47 Å². The molecule has 0 fully saturated rings. The molecule has 0 saturated carbocycles. The number of fused-ring (bicyclic) bond motifs is 3. The van der Waals surface area contributed by atoms with Gasteiger partial charge >= 0.3 is 0 Å². The first kappa shape index (κ1) is 33.3. The molecule has 0 bridgehead atoms. The molecule has 2 unspecified atom stereocenters. The number of benzene rings is 6. The van der Waals surface area contributed by atoms with Crippen LogP contribution in [-0.2, 0) is 0 Å². The number of nitrogens with zero attached hydrogens (tertiary/aromatic N) is 3. The minimum absolute atomic E-state index is 0.0223. The minimum atomic E-state index is -0.170. The van der Waals surface area contributed by atoms with Gasteiger partial charge in [-0.25, -0.2) is 0 Å². The zero-order chi connectivity index (χ0) is 36.6. The van der Waals surface area contributed by atoms with E-state index in [1.165, 1.54) is 5.56 Å². The van der Waals surface area contributed by atoms with Crippen LogP contribution in [0.5, 0.6) is 17.2 Å². The molecule has 2 heterocycles. The number of hydrogen-bond acceptors (Lipinski definition) is 6. The Hall–Kier alpha value is -6.50. The average molecular weight is 707 g/mol. The Morgan fingerprint density at radius 2 is 1.15 bits per heavy atom. The quantitative estimate of drug-likeness (QED) is 0.151. The number of anilines is 5. The lowest BCUT2D eigenvalue weighted by Crippen LogP contribution is -2.36. The van der Waals surface area contributed by atoms with Crippen molar-refractivity contribution >= 4 is 34.1 Å². The molecule has 1 N–H and O–H groups in total. The second-order valence-electron chi connectivity index (χ2n) is 13.9. The molecular weight excluding hydrogens is 665 g/mol. The normalized spacial score (nSPS) is 15.1. The maximum atomic E-state index is 6.34. The highest BCUT2D eigenvalue weighted by Crippen LogP contribution is 2.50. The Morgan fingerprint density at radius 3 is 1.78 bits per heavy atom. The summed E-state index contributed by atoms with van der Waals surface area (Å²) in [6.45, 7) is 6.77. The SMILES string of the molecule is C=C(c1ccccc1)N(C)C(NC(C)c1ccc(N2C3=C(CCC=C3)Oc3ccccc32)cc1)c1ccc(N2c3ccccc3Oc3ccccc32)cc1. The molecule has 6 aromatic carbocycles. The highest BCUT2D eigenvalue weighted by Gasteiger charge is 2.29. The van der Waals surface area contributed by atoms with Crippen LogP contribution in [0.25, 0.3) is 5.70 Å². The molecule has 2 atom stereocenters. The van der Waals surface area contributed by atoms with Crippen molar-refractivity contribution in [3.63, 3.8) is 0 Å². The van der Waals surface area contributed by atoms with Crippen LogP contribution in [0.4, 0.5) is 28.4 Å². The average Bonchev–Trinajstić information content (AvgIpc) is 3.23. The Morgan fingerprint density at radius 1 is 0.630 bits per heavy atom. The van der Waals surface area contributed by atoms with Crippen molar-refractivity contribution in [1.29, 1.82) is 0 Å². The van der Waals surface area contributed by atoms with Gasteiger partial charge in [0.25, 0.3) is 0 Å². The topological polar surface area (TPSA) is 40.2 Å². The fraction of sp³-hybridized carbons (Fsp3) is 0.125. The smallest absolute Gasteiger partial charge is 0.151 e. The maximum Gasteiger partial charge on any atom is 0.151 e. The van der Waals surface area contributed by atoms with E-state index in [1.54, 1.807) is 0 Å². The van der Waals surface area contributed by atoms with Crippen molar-refractivity contribution in [3.05, 3.63) is 199 Å². The van der Waals surface area contributed by atoms with Crippen LogP contribution >= 0.6 is 0 Å². The molecule has 0 radical (unpaired) electrons. The van der Waals surface area contributed by atoms with Crippen LogP contribution in [0.1, 0.15) is 48.7 Å². The monoisotopic (exact) mass is 706 g/mol. The largest absolute Gasteiger partial charge is 0.457 e. The molecular formula is C48H42N4O2. The fourth-order valence-electron chi connectivity index (χ4n) is 7.66. The van der Waals surface area contributed by atoms with Gasteiger partial charge in [-0.15, -0.1) is 0 Å². The Kier molecular flexibility index (Phi) is 8.73. The molecule has 6 heteroatoms. The minimum Gasteiger partial charge on any atom is -0.457 e. The number of nitrogens with one attached hydrogen (secondary N) is 1. The summed E-state index contributed by atoms with van der Waals surface area (Å²) >= 11 is 0. The van der Waals surface area contributed by atoms with Gasteiger partial charge in [-0.1, -0.05) is 104 Å². The lowest BCUT2D eigenvalue weighted by molar-refractivity contribution is 0.274. The van der Waals surface area contributed by atoms with Crippen LogP contribution in [0.15, 0.2) is 182 Å². The van der Waals surface area contributed by atoms with E-state index >= 15 is 0 Å². The molecule has 1 aliphatic carbocycles. The van der Waals surface area contributed by atoms with Gasteiger partial charge in [-0.05, 0) is 96.8 Å². The van der Waals surface area contributed by atoms with Crippen molar-refractivity contribution in [1.82, 2.24) is 10.2 Å². The first-order chi connectivity index (χ1) is 26.5. The van der Waals surface area contributed by atoms with Gasteiger partial charge in [0.05, 0.1) is 22.8 Å². The van der Waals surface area contributed by atoms with E-state index in [0.29, 0.717) is 0 Å². The van der Waals surface area contributed by atoms with Crippen molar-refractivity contribution in [2.24, 2.45) is 0 Å². The second-order valence-corrected chi connectivity index (χ2v) is 13.9. The molecule has 266 valence electrons. The lowest BCUT2D eigenvalue weighted by atomic mass is 10.0. The third-order valence-corrected chi connectivity index (χ3v) is 10.6. The molecule has 0 amide bonds. The molecule has 6 nitrogen and oxygen atoms in total. The van der Waals surface area contributed by atoms with E-state index in [1.807, 2.05) is 36.4 Å². The van der Waals surface area contributed by atoms with E-state index in [2.05, 4.69) is 168 Å². The van der Waals surface area contributed by atoms with Crippen LogP contribution < -0.4 is 24.6 Å². The van der Waals surface area contributed by atoms with Crippen LogP contribution in [-0.4, -0.2) is 11.9 Å². The first-order valence-corrected chi connectivity index (χ1v) is 18.6. The van der Waals surface area contributed by atoms with E-state index in [0.717, 1.165) is 86.8 Å². The van der Waals surface area contributed by atoms with E-state index in [-0.39, 0.29) is 12.2 Å². The fourth-order valence-corrected chi connectivity index (χ4v) is 7.66. The van der Waals surface area contributed by atoms with Gasteiger partial charge in [0, 0.05) is 36.6 Å². The van der Waals surface area contributed by atoms with Gasteiger partial charge in [0.2, 0.25) is 0 Å². The molecule has 0 saturated heterocycles. The molecule has 0 aromatic heterocycles. The van der Waals surface area contributed by atoms with E-state index in [9.17, 15) is 0 Å². The molecule has 0 spiro atoms. The number of ether oxygens (including phenoxy) is 2. The Bertz CT molecular complexity index is 2340. The van der Waals surface area contributed by atoms with Crippen LogP contribution in [0.2, 0.25) is 0 Å². The lowest BCUT2D eigenvalue weighted by Gasteiger charge is -2.36. The zero-order valence-electron chi connectivity index (χ0n) is 30.5. The number of rotatable bonds is 9. The predicted molar refractivity (Wildman–Crippen MR) is 220 cm³/mol. The summed E-state index contributed by atoms with van der Waals surface area (Å²) in [5.74, 6) is 3.59. The summed E-state index contributed by atoms with van der Waals surface area (Å²) in [7, 11) is 2.12. The zero-order valence-corrected chi connectivity index (χ0v) is 30.5. The van der Waals surface area contributed by atoms with Crippen LogP contribution in [0, 0.1) is 0 Å². The van der Waals surface area contributed by atoms with Gasteiger partial charge in [0.15, 0.2) is 17.2 Å². The highest BCUT2D eigenvalue weighted by molar-refractivity contribution is 5.86. The third-order valence-electron chi connectivity index (χ3n) is 10.6. The number of allylic oxidation sites excluding steroid dienone is 3. The van der Waals surface area contributed by atoms with Gasteiger partial charge in [0.1, 0.15) is 11.9 Å². The molecule has 9 rings (SSSR count). The highest BCUT2D eigenvalue weighted by atomic mass is 16.5. The maximum absolute atomic E-state index is 6.34. The number of hydrogen-bond donors (Lipinski definition) is 1. The summed E-state index contributed by atoms with van der Waals surface area (Å²) in [4.78, 5) is 6.83. The summed E-state index contributed by atoms with van der Waals surface area (Å²) in [6, 6.07) is 52.8. The number of para-hydroxylation sites is 6. The summed E-state index contributed by atoms with van der Waals surface area (Å²) in [5.41, 5.74) is 10.7. The van der Waals surface area contributed by atoms with E-state index in [4.69, 9.17) is 9.47 Å². The van der Waals surface area contributed by atoms with Gasteiger partial charge in [-0.2, -0.15) is 0 Å². The van der Waals surface area contributed by atoms with Crippen molar-refractivity contribution in [3.8, 4) is 17.2 Å². The molecule has 2 aliphatic heterocycles. The molecule has 54 heavy (non-hydrogen) atoms. The Balaban J connectivity index is 1.03. The third kappa shape index (κ3) is 6.10.